The van der Waals surface area contributed by atoms with Gasteiger partial charge in [-0.2, -0.15) is 0 Å². The second-order valence-corrected chi connectivity index (χ2v) is 3.66. The Morgan fingerprint density at radius 1 is 1.44 bits per heavy atom. The fourth-order valence-corrected chi connectivity index (χ4v) is 1.19. The molecule has 1 heterocycles. The molecule has 0 aliphatic rings. The lowest BCUT2D eigenvalue weighted by Crippen LogP contribution is -2.12. The minimum Gasteiger partial charge on any atom is -0.475 e. The molecule has 0 amide bonds. The van der Waals surface area contributed by atoms with E-state index in [1.165, 1.54) is 13.4 Å². The first-order valence-electron chi connectivity index (χ1n) is 5.10. The predicted octanol–water partition coefficient (Wildman–Crippen LogP) is 1.02. The third-order valence-electron chi connectivity index (χ3n) is 1.74. The van der Waals surface area contributed by atoms with E-state index in [2.05, 4.69) is 9.97 Å². The molecule has 0 spiro atoms. The van der Waals surface area contributed by atoms with Crippen molar-refractivity contribution >= 4 is 5.78 Å². The van der Waals surface area contributed by atoms with Gasteiger partial charge in [-0.25, -0.2) is 9.97 Å². The number of Topliss-reactive ketones (excluding diaryl/α,β-unsaturated/α-hetero) is 1. The number of carbonyl (C=O) groups excluding carboxylic acids is 1. The molecule has 0 bridgehead atoms. The predicted molar refractivity (Wildman–Crippen MR) is 58.4 cm³/mol. The highest BCUT2D eigenvalue weighted by atomic mass is 16.5. The van der Waals surface area contributed by atoms with Gasteiger partial charge in [0.2, 0.25) is 5.88 Å². The van der Waals surface area contributed by atoms with Gasteiger partial charge in [-0.15, -0.1) is 0 Å². The van der Waals surface area contributed by atoms with Crippen LogP contribution < -0.4 is 4.74 Å². The number of nitrogens with zero attached hydrogens (tertiary/aromatic N) is 2. The van der Waals surface area contributed by atoms with Crippen LogP contribution in [0.25, 0.3) is 0 Å². The molecule has 0 atom stereocenters. The van der Waals surface area contributed by atoms with Crippen LogP contribution in [-0.2, 0) is 16.0 Å². The Kier molecular flexibility index (Phi) is 4.85. The second-order valence-electron chi connectivity index (χ2n) is 3.66. The van der Waals surface area contributed by atoms with Crippen LogP contribution in [0.3, 0.4) is 0 Å². The van der Waals surface area contributed by atoms with Crippen molar-refractivity contribution in [2.24, 2.45) is 0 Å². The zero-order valence-electron chi connectivity index (χ0n) is 9.77. The fourth-order valence-electron chi connectivity index (χ4n) is 1.19. The third-order valence-corrected chi connectivity index (χ3v) is 1.74. The number of methoxy groups -OCH3 is 1. The van der Waals surface area contributed by atoms with Gasteiger partial charge in [0.15, 0.2) is 5.78 Å². The maximum atomic E-state index is 11.3. The Bertz CT molecular complexity index is 353. The molecule has 5 heteroatoms. The van der Waals surface area contributed by atoms with Crippen LogP contribution in [0, 0.1) is 0 Å². The van der Waals surface area contributed by atoms with Gasteiger partial charge in [0, 0.05) is 13.2 Å². The topological polar surface area (TPSA) is 61.3 Å². The van der Waals surface area contributed by atoms with Crippen LogP contribution in [0.4, 0.5) is 0 Å². The molecule has 0 fully saturated rings. The highest BCUT2D eigenvalue weighted by molar-refractivity contribution is 5.81. The summed E-state index contributed by atoms with van der Waals surface area (Å²) in [6.45, 7) is 3.93. The maximum absolute atomic E-state index is 11.3. The van der Waals surface area contributed by atoms with Gasteiger partial charge in [-0.1, -0.05) is 0 Å². The van der Waals surface area contributed by atoms with E-state index in [9.17, 15) is 4.79 Å². The summed E-state index contributed by atoms with van der Waals surface area (Å²) in [5, 5.41) is 0. The van der Waals surface area contributed by atoms with Crippen molar-refractivity contribution in [2.45, 2.75) is 26.4 Å². The minimum atomic E-state index is -0.0169. The van der Waals surface area contributed by atoms with Crippen LogP contribution in [0.5, 0.6) is 5.88 Å². The summed E-state index contributed by atoms with van der Waals surface area (Å²) in [6, 6.07) is 1.67. The van der Waals surface area contributed by atoms with Crippen molar-refractivity contribution < 1.29 is 14.3 Å². The Balaban J connectivity index is 2.63. The van der Waals surface area contributed by atoms with Gasteiger partial charge in [0.05, 0.1) is 18.2 Å². The van der Waals surface area contributed by atoms with E-state index in [0.29, 0.717) is 11.6 Å². The summed E-state index contributed by atoms with van der Waals surface area (Å²) in [5.41, 5.74) is 0.646. The van der Waals surface area contributed by atoms with E-state index in [-0.39, 0.29) is 24.9 Å². The molecule has 0 radical (unpaired) electrons. The molecule has 0 unspecified atom stereocenters. The van der Waals surface area contributed by atoms with Crippen LogP contribution in [-0.4, -0.2) is 35.6 Å². The molecular weight excluding hydrogens is 208 g/mol. The zero-order chi connectivity index (χ0) is 12.0. The minimum absolute atomic E-state index is 0.0169. The first-order valence-corrected chi connectivity index (χ1v) is 5.10. The third kappa shape index (κ3) is 4.35. The first kappa shape index (κ1) is 12.6. The van der Waals surface area contributed by atoms with E-state index in [1.54, 1.807) is 6.07 Å². The first-order chi connectivity index (χ1) is 7.61. The summed E-state index contributed by atoms with van der Waals surface area (Å²) < 4.78 is 10.1. The molecule has 88 valence electrons. The SMILES string of the molecule is COCC(=O)Cc1cc(OC(C)C)ncn1. The number of ether oxygens (including phenoxy) is 2. The van der Waals surface area contributed by atoms with Crippen molar-refractivity contribution in [2.75, 3.05) is 13.7 Å². The van der Waals surface area contributed by atoms with Gasteiger partial charge < -0.3 is 9.47 Å². The van der Waals surface area contributed by atoms with E-state index in [1.807, 2.05) is 13.8 Å². The summed E-state index contributed by atoms with van der Waals surface area (Å²) in [7, 11) is 1.49. The van der Waals surface area contributed by atoms with E-state index < -0.39 is 0 Å². The highest BCUT2D eigenvalue weighted by Crippen LogP contribution is 2.09. The van der Waals surface area contributed by atoms with Gasteiger partial charge >= 0.3 is 0 Å². The molecule has 0 aliphatic heterocycles. The zero-order valence-corrected chi connectivity index (χ0v) is 9.77. The molecule has 1 aromatic heterocycles. The number of hydrogen-bond donors (Lipinski definition) is 0. The lowest BCUT2D eigenvalue weighted by atomic mass is 10.2. The average Bonchev–Trinajstić information content (AvgIpc) is 2.17. The number of aromatic nitrogens is 2. The van der Waals surface area contributed by atoms with Gasteiger partial charge in [0.25, 0.3) is 0 Å². The Labute approximate surface area is 94.8 Å². The van der Waals surface area contributed by atoms with Crippen LogP contribution >= 0.6 is 0 Å². The van der Waals surface area contributed by atoms with Crippen molar-refractivity contribution in [1.29, 1.82) is 0 Å². The van der Waals surface area contributed by atoms with Crippen molar-refractivity contribution in [3.05, 3.63) is 18.1 Å². The normalized spacial score (nSPS) is 10.5. The standard InChI is InChI=1S/C11H16N2O3/c1-8(2)16-11-5-9(12-7-13-11)4-10(14)6-15-3/h5,7-8H,4,6H2,1-3H3. The Morgan fingerprint density at radius 2 is 2.19 bits per heavy atom. The van der Waals surface area contributed by atoms with Crippen molar-refractivity contribution in [1.82, 2.24) is 9.97 Å². The summed E-state index contributed by atoms with van der Waals surface area (Å²) in [6.07, 6.45) is 1.69. The lowest BCUT2D eigenvalue weighted by Gasteiger charge is -2.08. The molecule has 5 nitrogen and oxygen atoms in total. The number of hydrogen-bond acceptors (Lipinski definition) is 5. The molecule has 16 heavy (non-hydrogen) atoms. The Hall–Kier alpha value is -1.49. The molecule has 0 saturated carbocycles. The average molecular weight is 224 g/mol. The van der Waals surface area contributed by atoms with Gasteiger partial charge in [-0.05, 0) is 13.8 Å². The van der Waals surface area contributed by atoms with E-state index in [4.69, 9.17) is 9.47 Å². The summed E-state index contributed by atoms with van der Waals surface area (Å²) in [5.74, 6) is 0.474. The summed E-state index contributed by atoms with van der Waals surface area (Å²) in [4.78, 5) is 19.3. The number of carbonyl (C=O) groups is 1. The molecule has 0 aromatic carbocycles. The molecule has 0 N–H and O–H groups in total. The molecule has 0 saturated heterocycles. The number of rotatable bonds is 6. The monoisotopic (exact) mass is 224 g/mol. The van der Waals surface area contributed by atoms with Crippen molar-refractivity contribution in [3.8, 4) is 5.88 Å². The van der Waals surface area contributed by atoms with Crippen LogP contribution in [0.1, 0.15) is 19.5 Å². The van der Waals surface area contributed by atoms with Crippen molar-refractivity contribution in [3.63, 3.8) is 0 Å². The smallest absolute Gasteiger partial charge is 0.216 e. The van der Waals surface area contributed by atoms with E-state index >= 15 is 0 Å². The van der Waals surface area contributed by atoms with Crippen LogP contribution in [0.15, 0.2) is 12.4 Å². The molecule has 1 aromatic rings. The Morgan fingerprint density at radius 3 is 2.81 bits per heavy atom. The molecule has 1 rings (SSSR count). The van der Waals surface area contributed by atoms with Gasteiger partial charge in [0.1, 0.15) is 12.9 Å². The van der Waals surface area contributed by atoms with Crippen LogP contribution in [0.2, 0.25) is 0 Å². The summed E-state index contributed by atoms with van der Waals surface area (Å²) >= 11 is 0. The number of ketones is 1. The maximum Gasteiger partial charge on any atom is 0.216 e. The van der Waals surface area contributed by atoms with Gasteiger partial charge in [-0.3, -0.25) is 4.79 Å². The van der Waals surface area contributed by atoms with E-state index in [0.717, 1.165) is 0 Å². The largest absolute Gasteiger partial charge is 0.475 e. The molecular formula is C11H16N2O3. The highest BCUT2D eigenvalue weighted by Gasteiger charge is 2.07. The molecule has 0 aliphatic carbocycles. The lowest BCUT2D eigenvalue weighted by molar-refractivity contribution is -0.122. The quantitative estimate of drug-likeness (QED) is 0.722. The fraction of sp³-hybridized carbons (Fsp3) is 0.545. The second kappa shape index (κ2) is 6.17.